The van der Waals surface area contributed by atoms with Crippen LogP contribution in [0, 0.1) is 12.8 Å². The second kappa shape index (κ2) is 8.06. The molecule has 29 heavy (non-hydrogen) atoms. The Morgan fingerprint density at radius 3 is 2.83 bits per heavy atom. The summed E-state index contributed by atoms with van der Waals surface area (Å²) in [6.07, 6.45) is 5.07. The summed E-state index contributed by atoms with van der Waals surface area (Å²) >= 11 is 0. The van der Waals surface area contributed by atoms with Crippen LogP contribution >= 0.6 is 0 Å². The smallest absolute Gasteiger partial charge is 0.273 e. The van der Waals surface area contributed by atoms with Crippen LogP contribution in [0.25, 0.3) is 10.9 Å². The average Bonchev–Trinajstić information content (AvgIpc) is 3.30. The number of nitrogens with zero attached hydrogens (tertiary/aromatic N) is 3. The van der Waals surface area contributed by atoms with Crippen molar-refractivity contribution in [3.05, 3.63) is 47.8 Å². The number of hydrogen-bond acceptors (Lipinski definition) is 5. The van der Waals surface area contributed by atoms with Crippen molar-refractivity contribution in [2.45, 2.75) is 38.6 Å². The third-order valence-corrected chi connectivity index (χ3v) is 5.60. The largest absolute Gasteiger partial charge is 0.448 e. The van der Waals surface area contributed by atoms with E-state index in [2.05, 4.69) is 20.7 Å². The van der Waals surface area contributed by atoms with Gasteiger partial charge in [0.15, 0.2) is 17.8 Å². The zero-order valence-corrected chi connectivity index (χ0v) is 16.6. The highest BCUT2D eigenvalue weighted by molar-refractivity contribution is 6.04. The molecule has 152 valence electrons. The minimum Gasteiger partial charge on any atom is -0.448 e. The van der Waals surface area contributed by atoms with Gasteiger partial charge in [-0.15, -0.1) is 0 Å². The highest BCUT2D eigenvalue weighted by atomic mass is 16.3. The Bertz CT molecular complexity index is 1040. The lowest BCUT2D eigenvalue weighted by atomic mass is 9.85. The zero-order valence-electron chi connectivity index (χ0n) is 16.6. The van der Waals surface area contributed by atoms with Crippen LogP contribution in [0.1, 0.15) is 52.4 Å². The van der Waals surface area contributed by atoms with Crippen molar-refractivity contribution in [2.24, 2.45) is 13.0 Å². The summed E-state index contributed by atoms with van der Waals surface area (Å²) in [5.41, 5.74) is 1.72. The molecular weight excluding hydrogens is 370 g/mol. The molecule has 1 aliphatic carbocycles. The molecule has 0 radical (unpaired) electrons. The Hall–Kier alpha value is -3.16. The van der Waals surface area contributed by atoms with Crippen LogP contribution < -0.4 is 10.6 Å². The third-order valence-electron chi connectivity index (χ3n) is 5.60. The van der Waals surface area contributed by atoms with Gasteiger partial charge < -0.3 is 15.1 Å². The number of carbonyl (C=O) groups excluding carboxylic acids is 2. The Kier molecular flexibility index (Phi) is 5.33. The number of hydrogen-bond donors (Lipinski definition) is 2. The first-order chi connectivity index (χ1) is 14.0. The molecule has 1 aromatic carbocycles. The molecule has 1 fully saturated rings. The molecule has 4 rings (SSSR count). The van der Waals surface area contributed by atoms with E-state index in [1.807, 2.05) is 31.3 Å². The van der Waals surface area contributed by atoms with Crippen LogP contribution in [-0.4, -0.2) is 39.2 Å². The minimum absolute atomic E-state index is 0.0740. The summed E-state index contributed by atoms with van der Waals surface area (Å²) in [4.78, 5) is 29.0. The highest BCUT2D eigenvalue weighted by Gasteiger charge is 2.26. The molecule has 0 saturated heterocycles. The Balaban J connectivity index is 1.34. The van der Waals surface area contributed by atoms with E-state index in [1.54, 1.807) is 11.6 Å². The van der Waals surface area contributed by atoms with Crippen molar-refractivity contribution in [2.75, 3.05) is 6.54 Å². The second-order valence-electron chi connectivity index (χ2n) is 7.66. The summed E-state index contributed by atoms with van der Waals surface area (Å²) in [6.45, 7) is 2.29. The van der Waals surface area contributed by atoms with Gasteiger partial charge in [-0.05, 0) is 38.2 Å². The summed E-state index contributed by atoms with van der Waals surface area (Å²) in [7, 11) is 1.84. The normalized spacial score (nSPS) is 19.2. The van der Waals surface area contributed by atoms with Crippen molar-refractivity contribution < 1.29 is 14.0 Å². The minimum atomic E-state index is -0.203. The van der Waals surface area contributed by atoms with E-state index in [0.29, 0.717) is 29.6 Å². The number of aromatic nitrogens is 3. The first-order valence-corrected chi connectivity index (χ1v) is 9.94. The van der Waals surface area contributed by atoms with Crippen LogP contribution in [0.4, 0.5) is 0 Å². The quantitative estimate of drug-likeness (QED) is 0.691. The van der Waals surface area contributed by atoms with Gasteiger partial charge in [0.1, 0.15) is 5.76 Å². The molecule has 2 N–H and O–H groups in total. The molecule has 3 aromatic rings. The van der Waals surface area contributed by atoms with Gasteiger partial charge in [0.25, 0.3) is 11.8 Å². The number of aryl methyl sites for hydroxylation is 2. The predicted octanol–water partition coefficient (Wildman–Crippen LogP) is 2.59. The number of amides is 2. The molecule has 0 bridgehead atoms. The number of fused-ring (bicyclic) bond motifs is 1. The molecule has 0 spiro atoms. The van der Waals surface area contributed by atoms with Crippen molar-refractivity contribution in [3.63, 3.8) is 0 Å². The first kappa shape index (κ1) is 19.2. The maximum absolute atomic E-state index is 12.7. The van der Waals surface area contributed by atoms with Crippen molar-refractivity contribution >= 4 is 22.7 Å². The van der Waals surface area contributed by atoms with Gasteiger partial charge in [0, 0.05) is 25.0 Å². The van der Waals surface area contributed by atoms with Crippen molar-refractivity contribution in [1.82, 2.24) is 25.4 Å². The van der Waals surface area contributed by atoms with Crippen LogP contribution in [-0.2, 0) is 7.05 Å². The molecule has 0 aliphatic heterocycles. The molecule has 2 heterocycles. The van der Waals surface area contributed by atoms with E-state index >= 15 is 0 Å². The zero-order chi connectivity index (χ0) is 20.4. The van der Waals surface area contributed by atoms with Gasteiger partial charge in [-0.3, -0.25) is 14.3 Å². The third kappa shape index (κ3) is 4.01. The summed E-state index contributed by atoms with van der Waals surface area (Å²) < 4.78 is 6.83. The molecule has 2 amide bonds. The van der Waals surface area contributed by atoms with Crippen molar-refractivity contribution in [1.29, 1.82) is 0 Å². The van der Waals surface area contributed by atoms with Crippen LogP contribution in [0.2, 0.25) is 0 Å². The maximum atomic E-state index is 12.7. The van der Waals surface area contributed by atoms with Gasteiger partial charge in [-0.25, -0.2) is 4.98 Å². The topological polar surface area (TPSA) is 102 Å². The van der Waals surface area contributed by atoms with E-state index in [4.69, 9.17) is 4.42 Å². The van der Waals surface area contributed by atoms with E-state index < -0.39 is 0 Å². The van der Waals surface area contributed by atoms with Crippen molar-refractivity contribution in [3.8, 4) is 0 Å². The molecule has 2 atom stereocenters. The molecule has 8 nitrogen and oxygen atoms in total. The molecule has 1 saturated carbocycles. The van der Waals surface area contributed by atoms with Gasteiger partial charge in [0.2, 0.25) is 0 Å². The number of carbonyl (C=O) groups is 2. The Morgan fingerprint density at radius 2 is 2.03 bits per heavy atom. The number of nitrogens with one attached hydrogen (secondary N) is 2. The summed E-state index contributed by atoms with van der Waals surface area (Å²) in [5, 5.41) is 11.3. The lowest BCUT2D eigenvalue weighted by Crippen LogP contribution is -2.41. The molecule has 8 heteroatoms. The Morgan fingerprint density at radius 1 is 1.21 bits per heavy atom. The number of benzene rings is 1. The summed E-state index contributed by atoms with van der Waals surface area (Å²) in [5.74, 6) is 0.466. The van der Waals surface area contributed by atoms with Gasteiger partial charge >= 0.3 is 0 Å². The lowest BCUT2D eigenvalue weighted by Gasteiger charge is -2.29. The fourth-order valence-electron chi connectivity index (χ4n) is 4.09. The predicted molar refractivity (Wildman–Crippen MR) is 107 cm³/mol. The first-order valence-electron chi connectivity index (χ1n) is 9.94. The Labute approximate surface area is 168 Å². The van der Waals surface area contributed by atoms with Gasteiger partial charge in [0.05, 0.1) is 5.52 Å². The monoisotopic (exact) mass is 395 g/mol. The van der Waals surface area contributed by atoms with E-state index in [9.17, 15) is 9.59 Å². The van der Waals surface area contributed by atoms with Gasteiger partial charge in [-0.1, -0.05) is 24.6 Å². The standard InChI is InChI=1S/C21H25N5O3/c1-13-18(23-12-29-13)21(28)24-15-7-5-6-14(10-15)11-22-20(27)19-16-8-3-4-9-17(16)26(2)25-19/h3-4,8-9,12,14-15H,5-7,10-11H2,1-2H3,(H,22,27)(H,24,28)/t14-,15+/m1/s1. The van der Waals surface area contributed by atoms with Crippen LogP contribution in [0.3, 0.4) is 0 Å². The fraction of sp³-hybridized carbons (Fsp3) is 0.429. The summed E-state index contributed by atoms with van der Waals surface area (Å²) in [6, 6.07) is 7.78. The maximum Gasteiger partial charge on any atom is 0.273 e. The number of oxazole rings is 1. The average molecular weight is 395 g/mol. The van der Waals surface area contributed by atoms with E-state index in [-0.39, 0.29) is 17.9 Å². The second-order valence-corrected chi connectivity index (χ2v) is 7.66. The highest BCUT2D eigenvalue weighted by Crippen LogP contribution is 2.24. The molecule has 2 aromatic heterocycles. The SMILES string of the molecule is Cc1ocnc1C(=O)N[C@H]1CCC[C@@H](CNC(=O)c2nn(C)c3ccccc23)C1. The van der Waals surface area contributed by atoms with Gasteiger partial charge in [-0.2, -0.15) is 5.10 Å². The lowest BCUT2D eigenvalue weighted by molar-refractivity contribution is 0.0896. The molecule has 0 unspecified atom stereocenters. The van der Waals surface area contributed by atoms with E-state index in [0.717, 1.165) is 36.6 Å². The van der Waals surface area contributed by atoms with E-state index in [1.165, 1.54) is 6.39 Å². The van der Waals surface area contributed by atoms with Crippen LogP contribution in [0.15, 0.2) is 35.1 Å². The molecule has 1 aliphatic rings. The molecular formula is C21H25N5O3. The van der Waals surface area contributed by atoms with Crippen LogP contribution in [0.5, 0.6) is 0 Å². The number of rotatable bonds is 5. The number of para-hydroxylation sites is 1. The fourth-order valence-corrected chi connectivity index (χ4v) is 4.09.